The van der Waals surface area contributed by atoms with E-state index in [0.29, 0.717) is 18.7 Å². The number of benzene rings is 1. The van der Waals surface area contributed by atoms with Gasteiger partial charge < -0.3 is 5.32 Å². The van der Waals surface area contributed by atoms with Crippen LogP contribution in [0.3, 0.4) is 0 Å². The zero-order valence-corrected chi connectivity index (χ0v) is 14.0. The molecule has 1 fully saturated rings. The zero-order chi connectivity index (χ0) is 16.6. The van der Waals surface area contributed by atoms with E-state index < -0.39 is 21.9 Å². The Bertz CT molecular complexity index is 804. The summed E-state index contributed by atoms with van der Waals surface area (Å²) in [6, 6.07) is 5.46. The lowest BCUT2D eigenvalue weighted by Gasteiger charge is -2.35. The van der Waals surface area contributed by atoms with Crippen LogP contribution in [0.2, 0.25) is 5.02 Å². The van der Waals surface area contributed by atoms with E-state index in [2.05, 4.69) is 10.4 Å². The molecule has 2 heterocycles. The molecule has 2 aromatic rings. The average Bonchev–Trinajstić information content (AvgIpc) is 2.87. The van der Waals surface area contributed by atoms with Crippen molar-refractivity contribution in [1.29, 1.82) is 0 Å². The van der Waals surface area contributed by atoms with E-state index in [0.717, 1.165) is 0 Å². The molecule has 0 spiro atoms. The van der Waals surface area contributed by atoms with Gasteiger partial charge in [0, 0.05) is 26.7 Å². The number of rotatable bonds is 3. The Hall–Kier alpha value is -1.48. The molecule has 1 aliphatic heterocycles. The summed E-state index contributed by atoms with van der Waals surface area (Å²) in [5.41, 5.74) is 0.596. The van der Waals surface area contributed by atoms with Crippen molar-refractivity contribution < 1.29 is 12.8 Å². The Labute approximate surface area is 138 Å². The fourth-order valence-electron chi connectivity index (χ4n) is 2.77. The van der Waals surface area contributed by atoms with Gasteiger partial charge in [-0.15, -0.1) is 0 Å². The quantitative estimate of drug-likeness (QED) is 0.904. The summed E-state index contributed by atoms with van der Waals surface area (Å²) in [5.74, 6) is -0.399. The number of sulfonamides is 1. The van der Waals surface area contributed by atoms with Gasteiger partial charge in [-0.1, -0.05) is 23.7 Å². The van der Waals surface area contributed by atoms with Gasteiger partial charge in [-0.05, 0) is 17.7 Å². The molecule has 0 aliphatic carbocycles. The van der Waals surface area contributed by atoms with E-state index in [9.17, 15) is 12.8 Å². The molecular formula is C14H16ClFN4O2S. The molecule has 9 heteroatoms. The van der Waals surface area contributed by atoms with Crippen LogP contribution < -0.4 is 5.32 Å². The van der Waals surface area contributed by atoms with Crippen LogP contribution in [0.15, 0.2) is 35.5 Å². The van der Waals surface area contributed by atoms with E-state index >= 15 is 0 Å². The molecule has 1 aliphatic rings. The number of hydrogen-bond acceptors (Lipinski definition) is 4. The SMILES string of the molecule is Cn1ncc(Cl)c1S(=O)(=O)N1CCNCC1c1cccc(F)c1. The molecule has 0 amide bonds. The molecule has 0 bridgehead atoms. The summed E-state index contributed by atoms with van der Waals surface area (Å²) in [5, 5.41) is 7.06. The molecule has 1 saturated heterocycles. The van der Waals surface area contributed by atoms with Gasteiger partial charge in [0.2, 0.25) is 0 Å². The summed E-state index contributed by atoms with van der Waals surface area (Å²) in [6.07, 6.45) is 1.30. The molecule has 1 unspecified atom stereocenters. The number of piperazine rings is 1. The van der Waals surface area contributed by atoms with Gasteiger partial charge in [0.1, 0.15) is 5.82 Å². The molecule has 1 aromatic carbocycles. The second-order valence-corrected chi connectivity index (χ2v) is 7.52. The minimum Gasteiger partial charge on any atom is -0.313 e. The van der Waals surface area contributed by atoms with Gasteiger partial charge in [-0.2, -0.15) is 9.40 Å². The molecule has 0 radical (unpaired) electrons. The van der Waals surface area contributed by atoms with Crippen LogP contribution in [0.4, 0.5) is 4.39 Å². The van der Waals surface area contributed by atoms with E-state index in [1.165, 1.54) is 34.4 Å². The van der Waals surface area contributed by atoms with Crippen LogP contribution in [0, 0.1) is 5.82 Å². The van der Waals surface area contributed by atoms with E-state index in [1.807, 2.05) is 0 Å². The fraction of sp³-hybridized carbons (Fsp3) is 0.357. The maximum atomic E-state index is 13.5. The van der Waals surface area contributed by atoms with Gasteiger partial charge >= 0.3 is 0 Å². The third-order valence-corrected chi connectivity index (χ3v) is 6.24. The van der Waals surface area contributed by atoms with Crippen LogP contribution in [0.25, 0.3) is 0 Å². The van der Waals surface area contributed by atoms with Crippen molar-refractivity contribution in [3.8, 4) is 0 Å². The number of halogens is 2. The largest absolute Gasteiger partial charge is 0.313 e. The predicted octanol–water partition coefficient (Wildman–Crippen LogP) is 1.55. The molecule has 124 valence electrons. The third-order valence-electron chi connectivity index (χ3n) is 3.82. The summed E-state index contributed by atoms with van der Waals surface area (Å²) >= 11 is 6.00. The highest BCUT2D eigenvalue weighted by molar-refractivity contribution is 7.89. The highest BCUT2D eigenvalue weighted by atomic mass is 35.5. The Morgan fingerprint density at radius 3 is 2.87 bits per heavy atom. The molecule has 0 saturated carbocycles. The van der Waals surface area contributed by atoms with Gasteiger partial charge in [0.15, 0.2) is 5.03 Å². The van der Waals surface area contributed by atoms with Crippen LogP contribution in [-0.2, 0) is 17.1 Å². The van der Waals surface area contributed by atoms with Gasteiger partial charge in [0.05, 0.1) is 17.3 Å². The van der Waals surface area contributed by atoms with Gasteiger partial charge in [-0.25, -0.2) is 12.8 Å². The highest BCUT2D eigenvalue weighted by Gasteiger charge is 2.37. The van der Waals surface area contributed by atoms with Crippen molar-refractivity contribution in [1.82, 2.24) is 19.4 Å². The Morgan fingerprint density at radius 1 is 1.43 bits per heavy atom. The summed E-state index contributed by atoms with van der Waals surface area (Å²) in [6.45, 7) is 1.18. The lowest BCUT2D eigenvalue weighted by Crippen LogP contribution is -2.49. The number of nitrogens with zero attached hydrogens (tertiary/aromatic N) is 3. The van der Waals surface area contributed by atoms with Crippen LogP contribution in [0.5, 0.6) is 0 Å². The predicted molar refractivity (Wildman–Crippen MR) is 84.1 cm³/mol. The minimum atomic E-state index is -3.85. The first kappa shape index (κ1) is 16.4. The van der Waals surface area contributed by atoms with Crippen LogP contribution in [0.1, 0.15) is 11.6 Å². The minimum absolute atomic E-state index is 0.0533. The number of hydrogen-bond donors (Lipinski definition) is 1. The average molecular weight is 359 g/mol. The second-order valence-electron chi connectivity index (χ2n) is 5.31. The van der Waals surface area contributed by atoms with Crippen molar-refractivity contribution >= 4 is 21.6 Å². The monoisotopic (exact) mass is 358 g/mol. The van der Waals surface area contributed by atoms with Crippen molar-refractivity contribution in [2.75, 3.05) is 19.6 Å². The Kier molecular flexibility index (Phi) is 4.41. The molecule has 6 nitrogen and oxygen atoms in total. The standard InChI is InChI=1S/C14H16ClFN4O2S/c1-19-14(12(15)8-18-19)23(21,22)20-6-5-17-9-13(20)10-3-2-4-11(16)7-10/h2-4,7-8,13,17H,5-6,9H2,1H3. The molecule has 1 aromatic heterocycles. The van der Waals surface area contributed by atoms with E-state index in [4.69, 9.17) is 11.6 Å². The summed E-state index contributed by atoms with van der Waals surface area (Å²) < 4.78 is 42.1. The second kappa shape index (κ2) is 6.20. The third kappa shape index (κ3) is 2.99. The smallest absolute Gasteiger partial charge is 0.262 e. The topological polar surface area (TPSA) is 67.2 Å². The van der Waals surface area contributed by atoms with Crippen molar-refractivity contribution in [2.45, 2.75) is 11.1 Å². The number of aryl methyl sites for hydroxylation is 1. The summed E-state index contributed by atoms with van der Waals surface area (Å²) in [7, 11) is -2.32. The lowest BCUT2D eigenvalue weighted by molar-refractivity contribution is 0.269. The van der Waals surface area contributed by atoms with Crippen LogP contribution in [-0.4, -0.2) is 42.1 Å². The molecule has 3 rings (SSSR count). The fourth-order valence-corrected chi connectivity index (χ4v) is 5.00. The highest BCUT2D eigenvalue weighted by Crippen LogP contribution is 2.31. The van der Waals surface area contributed by atoms with Crippen molar-refractivity contribution in [2.24, 2.45) is 7.05 Å². The lowest BCUT2D eigenvalue weighted by atomic mass is 10.1. The Balaban J connectivity index is 2.05. The first-order chi connectivity index (χ1) is 10.9. The van der Waals surface area contributed by atoms with E-state index in [-0.39, 0.29) is 16.6 Å². The van der Waals surface area contributed by atoms with Crippen molar-refractivity contribution in [3.05, 3.63) is 46.9 Å². The number of nitrogens with one attached hydrogen (secondary N) is 1. The normalized spacial score (nSPS) is 19.9. The van der Waals surface area contributed by atoms with Crippen molar-refractivity contribution in [3.63, 3.8) is 0 Å². The van der Waals surface area contributed by atoms with Gasteiger partial charge in [0.25, 0.3) is 10.0 Å². The number of aromatic nitrogens is 2. The maximum Gasteiger partial charge on any atom is 0.262 e. The molecule has 23 heavy (non-hydrogen) atoms. The molecular weight excluding hydrogens is 343 g/mol. The molecule has 1 N–H and O–H groups in total. The first-order valence-corrected chi connectivity index (χ1v) is 8.88. The van der Waals surface area contributed by atoms with E-state index in [1.54, 1.807) is 12.1 Å². The van der Waals surface area contributed by atoms with Crippen LogP contribution >= 0.6 is 11.6 Å². The first-order valence-electron chi connectivity index (χ1n) is 7.07. The summed E-state index contributed by atoms with van der Waals surface area (Å²) in [4.78, 5) is 0. The van der Waals surface area contributed by atoms with Gasteiger partial charge in [-0.3, -0.25) is 4.68 Å². The maximum absolute atomic E-state index is 13.5. The molecule has 1 atom stereocenters. The zero-order valence-electron chi connectivity index (χ0n) is 12.4. The Morgan fingerprint density at radius 2 is 2.22 bits per heavy atom.